The lowest BCUT2D eigenvalue weighted by Crippen LogP contribution is -2.43. The first kappa shape index (κ1) is 17.2. The number of aryl methyl sites for hydroxylation is 1. The van der Waals surface area contributed by atoms with Gasteiger partial charge in [-0.2, -0.15) is 0 Å². The molecule has 3 nitrogen and oxygen atoms in total. The van der Waals surface area contributed by atoms with Crippen molar-refractivity contribution in [3.8, 4) is 0 Å². The SMILES string of the molecule is COCC(CNCC(C)C)N(C)Cc1ccccc1C. The predicted molar refractivity (Wildman–Crippen MR) is 86.0 cm³/mol. The summed E-state index contributed by atoms with van der Waals surface area (Å²) in [5.74, 6) is 0.680. The summed E-state index contributed by atoms with van der Waals surface area (Å²) in [6.45, 7) is 10.4. The summed E-state index contributed by atoms with van der Waals surface area (Å²) in [5.41, 5.74) is 2.74. The molecule has 0 spiro atoms. The fourth-order valence-corrected chi connectivity index (χ4v) is 2.26. The highest BCUT2D eigenvalue weighted by Gasteiger charge is 2.15. The zero-order chi connectivity index (χ0) is 15.0. The number of methoxy groups -OCH3 is 1. The topological polar surface area (TPSA) is 24.5 Å². The van der Waals surface area contributed by atoms with Gasteiger partial charge in [0.05, 0.1) is 6.61 Å². The highest BCUT2D eigenvalue weighted by atomic mass is 16.5. The van der Waals surface area contributed by atoms with Gasteiger partial charge in [-0.05, 0) is 37.6 Å². The Morgan fingerprint density at radius 1 is 1.20 bits per heavy atom. The zero-order valence-corrected chi connectivity index (χ0v) is 13.6. The molecule has 0 aliphatic heterocycles. The molecule has 0 radical (unpaired) electrons. The maximum Gasteiger partial charge on any atom is 0.0630 e. The number of hydrogen-bond donors (Lipinski definition) is 1. The van der Waals surface area contributed by atoms with Crippen LogP contribution < -0.4 is 5.32 Å². The van der Waals surface area contributed by atoms with Gasteiger partial charge in [0, 0.05) is 26.2 Å². The summed E-state index contributed by atoms with van der Waals surface area (Å²) in [7, 11) is 3.95. The van der Waals surface area contributed by atoms with Crippen LogP contribution >= 0.6 is 0 Å². The molecular weight excluding hydrogens is 248 g/mol. The van der Waals surface area contributed by atoms with Gasteiger partial charge in [-0.1, -0.05) is 38.1 Å². The molecule has 3 heteroatoms. The van der Waals surface area contributed by atoms with E-state index in [1.165, 1.54) is 11.1 Å². The normalized spacial score (nSPS) is 13.2. The molecule has 0 heterocycles. The lowest BCUT2D eigenvalue weighted by atomic mass is 10.1. The third-order valence-electron chi connectivity index (χ3n) is 3.60. The first-order valence-corrected chi connectivity index (χ1v) is 7.49. The second-order valence-corrected chi connectivity index (χ2v) is 6.00. The summed E-state index contributed by atoms with van der Waals surface area (Å²) in [6.07, 6.45) is 0. The van der Waals surface area contributed by atoms with Crippen molar-refractivity contribution in [1.29, 1.82) is 0 Å². The molecule has 0 aliphatic rings. The molecule has 0 fully saturated rings. The van der Waals surface area contributed by atoms with Gasteiger partial charge in [0.1, 0.15) is 0 Å². The van der Waals surface area contributed by atoms with Crippen molar-refractivity contribution in [3.63, 3.8) is 0 Å². The highest BCUT2D eigenvalue weighted by Crippen LogP contribution is 2.11. The maximum atomic E-state index is 5.37. The van der Waals surface area contributed by atoms with Gasteiger partial charge in [-0.3, -0.25) is 4.90 Å². The summed E-state index contributed by atoms with van der Waals surface area (Å²) < 4.78 is 5.37. The van der Waals surface area contributed by atoms with Gasteiger partial charge >= 0.3 is 0 Å². The zero-order valence-electron chi connectivity index (χ0n) is 13.6. The van der Waals surface area contributed by atoms with E-state index in [9.17, 15) is 0 Å². The lowest BCUT2D eigenvalue weighted by molar-refractivity contribution is 0.101. The molecule has 114 valence electrons. The standard InChI is InChI=1S/C17H30N2O/c1-14(2)10-18-11-17(13-20-5)19(4)12-16-9-7-6-8-15(16)3/h6-9,14,17-18H,10-13H2,1-5H3. The second kappa shape index (κ2) is 9.11. The third kappa shape index (κ3) is 6.04. The largest absolute Gasteiger partial charge is 0.383 e. The smallest absolute Gasteiger partial charge is 0.0630 e. The van der Waals surface area contributed by atoms with Crippen molar-refractivity contribution < 1.29 is 4.74 Å². The number of nitrogens with one attached hydrogen (secondary N) is 1. The minimum absolute atomic E-state index is 0.401. The Hall–Kier alpha value is -0.900. The van der Waals surface area contributed by atoms with Crippen LogP contribution in [0, 0.1) is 12.8 Å². The summed E-state index contributed by atoms with van der Waals surface area (Å²) >= 11 is 0. The number of hydrogen-bond acceptors (Lipinski definition) is 3. The molecule has 0 bridgehead atoms. The number of nitrogens with zero attached hydrogens (tertiary/aromatic N) is 1. The molecule has 1 N–H and O–H groups in total. The van der Waals surface area contributed by atoms with E-state index in [-0.39, 0.29) is 0 Å². The van der Waals surface area contributed by atoms with Crippen LogP contribution in [0.3, 0.4) is 0 Å². The van der Waals surface area contributed by atoms with Crippen LogP contribution in [0.25, 0.3) is 0 Å². The van der Waals surface area contributed by atoms with E-state index in [0.717, 1.165) is 26.2 Å². The minimum atomic E-state index is 0.401. The molecule has 0 amide bonds. The molecule has 1 aromatic rings. The average molecular weight is 278 g/mol. The van der Waals surface area contributed by atoms with Crippen LogP contribution in [0.15, 0.2) is 24.3 Å². The Morgan fingerprint density at radius 3 is 2.50 bits per heavy atom. The number of ether oxygens (including phenoxy) is 1. The van der Waals surface area contributed by atoms with E-state index >= 15 is 0 Å². The maximum absolute atomic E-state index is 5.37. The molecule has 0 aliphatic carbocycles. The van der Waals surface area contributed by atoms with E-state index in [0.29, 0.717) is 12.0 Å². The van der Waals surface area contributed by atoms with Gasteiger partial charge in [0.15, 0.2) is 0 Å². The van der Waals surface area contributed by atoms with Crippen molar-refractivity contribution in [2.75, 3.05) is 33.9 Å². The van der Waals surface area contributed by atoms with E-state index in [1.807, 2.05) is 0 Å². The number of rotatable bonds is 9. The van der Waals surface area contributed by atoms with Crippen LogP contribution in [0.4, 0.5) is 0 Å². The van der Waals surface area contributed by atoms with Gasteiger partial charge in [-0.25, -0.2) is 0 Å². The molecule has 20 heavy (non-hydrogen) atoms. The minimum Gasteiger partial charge on any atom is -0.383 e. The van der Waals surface area contributed by atoms with E-state index in [1.54, 1.807) is 7.11 Å². The van der Waals surface area contributed by atoms with E-state index < -0.39 is 0 Å². The monoisotopic (exact) mass is 278 g/mol. The molecule has 0 saturated carbocycles. The van der Waals surface area contributed by atoms with Crippen LogP contribution in [0.1, 0.15) is 25.0 Å². The quantitative estimate of drug-likeness (QED) is 0.751. The van der Waals surface area contributed by atoms with Gasteiger partial charge in [0.25, 0.3) is 0 Å². The van der Waals surface area contributed by atoms with Gasteiger partial charge in [0.2, 0.25) is 0 Å². The second-order valence-electron chi connectivity index (χ2n) is 6.00. The molecule has 0 saturated heterocycles. The molecular formula is C17H30N2O. The highest BCUT2D eigenvalue weighted by molar-refractivity contribution is 5.25. The summed E-state index contributed by atoms with van der Waals surface area (Å²) in [5, 5.41) is 3.53. The molecule has 1 aromatic carbocycles. The van der Waals surface area contributed by atoms with Crippen molar-refractivity contribution in [2.24, 2.45) is 5.92 Å². The summed E-state index contributed by atoms with van der Waals surface area (Å²) in [6, 6.07) is 8.98. The lowest BCUT2D eigenvalue weighted by Gasteiger charge is -2.28. The number of benzene rings is 1. The fraction of sp³-hybridized carbons (Fsp3) is 0.647. The Bertz CT molecular complexity index is 379. The summed E-state index contributed by atoms with van der Waals surface area (Å²) in [4.78, 5) is 2.37. The van der Waals surface area contributed by atoms with E-state index in [4.69, 9.17) is 4.74 Å². The van der Waals surface area contributed by atoms with Crippen molar-refractivity contribution in [3.05, 3.63) is 35.4 Å². The van der Waals surface area contributed by atoms with Crippen LogP contribution in [0.2, 0.25) is 0 Å². The van der Waals surface area contributed by atoms with Crippen LogP contribution in [0.5, 0.6) is 0 Å². The van der Waals surface area contributed by atoms with Gasteiger partial charge in [-0.15, -0.1) is 0 Å². The van der Waals surface area contributed by atoms with Crippen molar-refractivity contribution >= 4 is 0 Å². The first-order valence-electron chi connectivity index (χ1n) is 7.49. The van der Waals surface area contributed by atoms with Crippen molar-refractivity contribution in [1.82, 2.24) is 10.2 Å². The Labute approximate surface area is 124 Å². The van der Waals surface area contributed by atoms with Crippen LogP contribution in [-0.2, 0) is 11.3 Å². The first-order chi connectivity index (χ1) is 9.54. The Kier molecular flexibility index (Phi) is 7.82. The van der Waals surface area contributed by atoms with E-state index in [2.05, 4.69) is 62.3 Å². The molecule has 0 aromatic heterocycles. The molecule has 1 rings (SSSR count). The van der Waals surface area contributed by atoms with Crippen molar-refractivity contribution in [2.45, 2.75) is 33.4 Å². The average Bonchev–Trinajstić information content (AvgIpc) is 2.40. The fourth-order valence-electron chi connectivity index (χ4n) is 2.26. The van der Waals surface area contributed by atoms with Crippen LogP contribution in [-0.4, -0.2) is 44.8 Å². The molecule has 1 unspecified atom stereocenters. The predicted octanol–water partition coefficient (Wildman–Crippen LogP) is 2.69. The molecule has 1 atom stereocenters. The Balaban J connectivity index is 2.55. The Morgan fingerprint density at radius 2 is 1.90 bits per heavy atom. The number of likely N-dealkylation sites (N-methyl/N-ethyl adjacent to an activating group) is 1. The third-order valence-corrected chi connectivity index (χ3v) is 3.60. The van der Waals surface area contributed by atoms with Gasteiger partial charge < -0.3 is 10.1 Å².